The molecule has 3 aromatic rings. The zero-order valence-electron chi connectivity index (χ0n) is 20.8. The largest absolute Gasteiger partial charge is 0.375 e. The van der Waals surface area contributed by atoms with E-state index in [1.165, 1.54) is 5.06 Å². The lowest BCUT2D eigenvalue weighted by Crippen LogP contribution is -2.40. The lowest BCUT2D eigenvalue weighted by Gasteiger charge is -2.26. The number of nitrogens with zero attached hydrogens (tertiary/aromatic N) is 1. The Kier molecular flexibility index (Phi) is 10.3. The molecule has 1 aliphatic rings. The van der Waals surface area contributed by atoms with E-state index in [1.54, 1.807) is 0 Å². The van der Waals surface area contributed by atoms with Crippen LogP contribution in [0.5, 0.6) is 0 Å². The third kappa shape index (κ3) is 7.36. The highest BCUT2D eigenvalue weighted by Crippen LogP contribution is 2.33. The summed E-state index contributed by atoms with van der Waals surface area (Å²) < 4.78 is 19.1. The van der Waals surface area contributed by atoms with Crippen molar-refractivity contribution >= 4 is 0 Å². The van der Waals surface area contributed by atoms with Crippen LogP contribution in [-0.4, -0.2) is 41.2 Å². The fourth-order valence-corrected chi connectivity index (χ4v) is 4.74. The molecule has 0 spiro atoms. The zero-order valence-corrected chi connectivity index (χ0v) is 20.8. The molecule has 1 saturated heterocycles. The van der Waals surface area contributed by atoms with Crippen LogP contribution in [0.1, 0.15) is 36.0 Å². The first-order chi connectivity index (χ1) is 17.8. The molecule has 190 valence electrons. The monoisotopic (exact) mass is 487 g/mol. The molecule has 1 heterocycles. The van der Waals surface area contributed by atoms with Crippen molar-refractivity contribution in [2.45, 2.75) is 63.4 Å². The second kappa shape index (κ2) is 14.1. The maximum atomic E-state index is 11.3. The lowest BCUT2D eigenvalue weighted by atomic mass is 10.0. The first-order valence-corrected chi connectivity index (χ1v) is 12.8. The van der Waals surface area contributed by atoms with Crippen LogP contribution in [0.3, 0.4) is 0 Å². The highest BCUT2D eigenvalue weighted by atomic mass is 16.6. The molecule has 0 amide bonds. The Balaban J connectivity index is 1.51. The number of benzene rings is 3. The zero-order chi connectivity index (χ0) is 25.0. The van der Waals surface area contributed by atoms with Crippen molar-refractivity contribution in [2.24, 2.45) is 0 Å². The molecule has 0 radical (unpaired) electrons. The Morgan fingerprint density at radius 1 is 0.694 bits per heavy atom. The van der Waals surface area contributed by atoms with Gasteiger partial charge in [0, 0.05) is 0 Å². The van der Waals surface area contributed by atoms with Gasteiger partial charge in [-0.25, -0.2) is 0 Å². The van der Waals surface area contributed by atoms with E-state index in [4.69, 9.17) is 14.2 Å². The summed E-state index contributed by atoms with van der Waals surface area (Å²) >= 11 is 0. The Morgan fingerprint density at radius 2 is 1.17 bits per heavy atom. The maximum Gasteiger partial charge on any atom is 0.106 e. The van der Waals surface area contributed by atoms with E-state index < -0.39 is 0 Å². The maximum absolute atomic E-state index is 11.3. The van der Waals surface area contributed by atoms with Crippen molar-refractivity contribution in [2.75, 3.05) is 6.61 Å². The summed E-state index contributed by atoms with van der Waals surface area (Å²) in [4.78, 5) is 0. The SMILES string of the molecule is C=CCCC[C@@H]1[C@@H](OCc2ccccc2)[C@@H](OCc2ccccc2)[C@@H](COCc2ccccc2)N1O. The molecule has 0 aliphatic carbocycles. The van der Waals surface area contributed by atoms with Crippen LogP contribution in [-0.2, 0) is 34.0 Å². The van der Waals surface area contributed by atoms with Crippen LogP contribution in [0, 0.1) is 0 Å². The third-order valence-electron chi connectivity index (χ3n) is 6.64. The molecule has 0 bridgehead atoms. The van der Waals surface area contributed by atoms with Crippen LogP contribution in [0.25, 0.3) is 0 Å². The molecule has 5 nitrogen and oxygen atoms in total. The fourth-order valence-electron chi connectivity index (χ4n) is 4.74. The van der Waals surface area contributed by atoms with Gasteiger partial charge in [-0.1, -0.05) is 97.1 Å². The smallest absolute Gasteiger partial charge is 0.106 e. The summed E-state index contributed by atoms with van der Waals surface area (Å²) in [7, 11) is 0. The van der Waals surface area contributed by atoms with E-state index in [9.17, 15) is 5.21 Å². The van der Waals surface area contributed by atoms with Gasteiger partial charge in [-0.3, -0.25) is 0 Å². The third-order valence-corrected chi connectivity index (χ3v) is 6.64. The number of rotatable bonds is 14. The molecule has 36 heavy (non-hydrogen) atoms. The number of hydroxylamine groups is 2. The standard InChI is InChI=1S/C31H37NO4/c1-2-3-7-20-28-30(35-22-26-16-10-5-11-17-26)31(36-23-27-18-12-6-13-19-27)29(32(28)33)24-34-21-25-14-8-4-9-15-25/h2,4-6,8-19,28-31,33H,1,3,7,20-24H2/t28-,29-,30-,31+/m1/s1. The van der Waals surface area contributed by atoms with Gasteiger partial charge in [0.15, 0.2) is 0 Å². The molecule has 5 heteroatoms. The Hall–Kier alpha value is -2.80. The topological polar surface area (TPSA) is 51.2 Å². The van der Waals surface area contributed by atoms with Crippen LogP contribution in [0.2, 0.25) is 0 Å². The minimum Gasteiger partial charge on any atom is -0.375 e. The van der Waals surface area contributed by atoms with Gasteiger partial charge >= 0.3 is 0 Å². The first-order valence-electron chi connectivity index (χ1n) is 12.8. The quantitative estimate of drug-likeness (QED) is 0.218. The molecular weight excluding hydrogens is 450 g/mol. The minimum atomic E-state index is -0.344. The summed E-state index contributed by atoms with van der Waals surface area (Å²) in [5.74, 6) is 0. The van der Waals surface area contributed by atoms with Gasteiger partial charge in [0.05, 0.1) is 38.5 Å². The number of ether oxygens (including phenoxy) is 3. The molecule has 1 N–H and O–H groups in total. The minimum absolute atomic E-state index is 0.195. The Bertz CT molecular complexity index is 1010. The normalized spacial score (nSPS) is 22.0. The van der Waals surface area contributed by atoms with Crippen molar-refractivity contribution in [1.29, 1.82) is 0 Å². The number of hydrogen-bond acceptors (Lipinski definition) is 5. The van der Waals surface area contributed by atoms with E-state index >= 15 is 0 Å². The van der Waals surface area contributed by atoms with Gasteiger partial charge in [-0.2, -0.15) is 5.06 Å². The number of hydrogen-bond donors (Lipinski definition) is 1. The molecule has 4 atom stereocenters. The van der Waals surface area contributed by atoms with Gasteiger partial charge in [0.25, 0.3) is 0 Å². The number of allylic oxidation sites excluding steroid dienone is 1. The predicted octanol–water partition coefficient (Wildman–Crippen LogP) is 6.17. The van der Waals surface area contributed by atoms with Crippen molar-refractivity contribution < 1.29 is 19.4 Å². The van der Waals surface area contributed by atoms with E-state index in [0.29, 0.717) is 26.4 Å². The Labute approximate surface area is 214 Å². The lowest BCUT2D eigenvalue weighted by molar-refractivity contribution is -0.166. The molecule has 0 aromatic heterocycles. The summed E-state index contributed by atoms with van der Waals surface area (Å²) in [6.45, 7) is 5.57. The second-order valence-electron chi connectivity index (χ2n) is 9.26. The van der Waals surface area contributed by atoms with Gasteiger partial charge in [0.2, 0.25) is 0 Å². The second-order valence-corrected chi connectivity index (χ2v) is 9.26. The average molecular weight is 488 g/mol. The predicted molar refractivity (Wildman–Crippen MR) is 141 cm³/mol. The molecule has 0 saturated carbocycles. The summed E-state index contributed by atoms with van der Waals surface area (Å²) in [5.41, 5.74) is 3.28. The fraction of sp³-hybridized carbons (Fsp3) is 0.355. The Morgan fingerprint density at radius 3 is 1.67 bits per heavy atom. The molecule has 4 rings (SSSR count). The summed E-state index contributed by atoms with van der Waals surface area (Å²) in [5, 5.41) is 12.8. The van der Waals surface area contributed by atoms with Crippen LogP contribution < -0.4 is 0 Å². The molecule has 3 aromatic carbocycles. The summed E-state index contributed by atoms with van der Waals surface area (Å²) in [6, 6.07) is 29.8. The first kappa shape index (κ1) is 26.3. The van der Waals surface area contributed by atoms with Crippen molar-refractivity contribution in [1.82, 2.24) is 5.06 Å². The van der Waals surface area contributed by atoms with Gasteiger partial charge in [-0.15, -0.1) is 6.58 Å². The van der Waals surface area contributed by atoms with E-state index in [2.05, 4.69) is 18.7 Å². The van der Waals surface area contributed by atoms with E-state index in [0.717, 1.165) is 36.0 Å². The van der Waals surface area contributed by atoms with Gasteiger partial charge in [-0.05, 0) is 36.0 Å². The van der Waals surface area contributed by atoms with Crippen LogP contribution in [0.4, 0.5) is 0 Å². The van der Waals surface area contributed by atoms with E-state index in [1.807, 2.05) is 84.9 Å². The van der Waals surface area contributed by atoms with E-state index in [-0.39, 0.29) is 24.3 Å². The summed E-state index contributed by atoms with van der Waals surface area (Å²) in [6.07, 6.45) is 3.86. The molecule has 1 aliphatic heterocycles. The average Bonchev–Trinajstić information content (AvgIpc) is 3.18. The van der Waals surface area contributed by atoms with Gasteiger partial charge in [0.1, 0.15) is 12.2 Å². The van der Waals surface area contributed by atoms with Gasteiger partial charge < -0.3 is 19.4 Å². The molecule has 1 fully saturated rings. The van der Waals surface area contributed by atoms with Crippen LogP contribution in [0.15, 0.2) is 104 Å². The van der Waals surface area contributed by atoms with Crippen molar-refractivity contribution in [3.8, 4) is 0 Å². The number of unbranched alkanes of at least 4 members (excludes halogenated alkanes) is 1. The molecular formula is C31H37NO4. The highest BCUT2D eigenvalue weighted by molar-refractivity contribution is 5.16. The molecule has 0 unspecified atom stereocenters. The van der Waals surface area contributed by atoms with Crippen molar-refractivity contribution in [3.63, 3.8) is 0 Å². The van der Waals surface area contributed by atoms with Crippen molar-refractivity contribution in [3.05, 3.63) is 120 Å². The van der Waals surface area contributed by atoms with Crippen LogP contribution >= 0.6 is 0 Å². The highest BCUT2D eigenvalue weighted by Gasteiger charge is 2.50.